The maximum atomic E-state index is 11.9. The highest BCUT2D eigenvalue weighted by atomic mass is 35.5. The minimum atomic E-state index is -0.280. The number of halogens is 1. The summed E-state index contributed by atoms with van der Waals surface area (Å²) in [5, 5.41) is 2.62. The monoisotopic (exact) mass is 271 g/mol. The van der Waals surface area contributed by atoms with E-state index in [4.69, 9.17) is 5.73 Å². The minimum Gasteiger partial charge on any atom is -0.345 e. The summed E-state index contributed by atoms with van der Waals surface area (Å²) in [6.45, 7) is 1.77. The van der Waals surface area contributed by atoms with Crippen LogP contribution in [0.25, 0.3) is 0 Å². The highest BCUT2D eigenvalue weighted by Crippen LogP contribution is 2.16. The Hall–Kier alpha value is -1.59. The van der Waals surface area contributed by atoms with Gasteiger partial charge in [0.15, 0.2) is 0 Å². The molecule has 100 valence electrons. The Bertz CT molecular complexity index is 447. The molecule has 0 unspecified atom stereocenters. The van der Waals surface area contributed by atoms with Crippen molar-refractivity contribution in [3.63, 3.8) is 0 Å². The molecule has 18 heavy (non-hydrogen) atoms. The van der Waals surface area contributed by atoms with Crippen molar-refractivity contribution < 1.29 is 9.59 Å². The van der Waals surface area contributed by atoms with Crippen molar-refractivity contribution in [2.45, 2.75) is 6.92 Å². The fourth-order valence-electron chi connectivity index (χ4n) is 1.38. The molecule has 3 N–H and O–H groups in total. The molecule has 0 aromatic heterocycles. The normalized spacial score (nSPS) is 9.33. The molecule has 0 heterocycles. The third-order valence-electron chi connectivity index (χ3n) is 2.34. The molecule has 0 atom stereocenters. The molecule has 1 rings (SSSR count). The summed E-state index contributed by atoms with van der Waals surface area (Å²) in [6, 6.07) is 5.20. The molecule has 0 saturated carbocycles. The van der Waals surface area contributed by atoms with E-state index >= 15 is 0 Å². The van der Waals surface area contributed by atoms with E-state index in [0.717, 1.165) is 5.56 Å². The van der Waals surface area contributed by atoms with Crippen molar-refractivity contribution in [2.24, 2.45) is 5.73 Å². The largest absolute Gasteiger partial charge is 0.345 e. The standard InChI is InChI=1S/C12H17N3O2.ClH/c1-8-4-5-9(14-11(16)7-13)6-10(8)12(17)15(2)3;/h4-6H,7,13H2,1-3H3,(H,14,16);1H. The number of nitrogens with zero attached hydrogens (tertiary/aromatic N) is 1. The van der Waals surface area contributed by atoms with Crippen LogP contribution in [0.15, 0.2) is 18.2 Å². The zero-order valence-electron chi connectivity index (χ0n) is 10.7. The molecular formula is C12H18ClN3O2. The van der Waals surface area contributed by atoms with E-state index in [2.05, 4.69) is 5.32 Å². The number of hydrogen-bond donors (Lipinski definition) is 2. The van der Waals surface area contributed by atoms with Crippen LogP contribution in [-0.4, -0.2) is 37.4 Å². The van der Waals surface area contributed by atoms with Crippen molar-refractivity contribution >= 4 is 29.9 Å². The van der Waals surface area contributed by atoms with Crippen LogP contribution in [0.3, 0.4) is 0 Å². The average molecular weight is 272 g/mol. The van der Waals surface area contributed by atoms with Gasteiger partial charge in [0.25, 0.3) is 5.91 Å². The second-order valence-electron chi connectivity index (χ2n) is 3.98. The van der Waals surface area contributed by atoms with Gasteiger partial charge in [0.05, 0.1) is 6.54 Å². The smallest absolute Gasteiger partial charge is 0.253 e. The third-order valence-corrected chi connectivity index (χ3v) is 2.34. The number of carbonyl (C=O) groups is 2. The maximum absolute atomic E-state index is 11.9. The summed E-state index contributed by atoms with van der Waals surface area (Å²) in [7, 11) is 3.37. The number of nitrogens with two attached hydrogens (primary N) is 1. The van der Waals surface area contributed by atoms with Gasteiger partial charge in [-0.05, 0) is 24.6 Å². The predicted molar refractivity (Wildman–Crippen MR) is 74.1 cm³/mol. The van der Waals surface area contributed by atoms with Crippen LogP contribution in [0.4, 0.5) is 5.69 Å². The van der Waals surface area contributed by atoms with Gasteiger partial charge in [-0.1, -0.05) is 6.07 Å². The summed E-state index contributed by atoms with van der Waals surface area (Å²) < 4.78 is 0. The quantitative estimate of drug-likeness (QED) is 0.862. The molecule has 6 heteroatoms. The van der Waals surface area contributed by atoms with Crippen LogP contribution in [0.1, 0.15) is 15.9 Å². The van der Waals surface area contributed by atoms with Gasteiger partial charge >= 0.3 is 0 Å². The van der Waals surface area contributed by atoms with Gasteiger partial charge in [0, 0.05) is 25.3 Å². The van der Waals surface area contributed by atoms with E-state index in [1.165, 1.54) is 4.90 Å². The Morgan fingerprint density at radius 3 is 2.44 bits per heavy atom. The molecule has 0 aliphatic heterocycles. The molecule has 0 aliphatic rings. The van der Waals surface area contributed by atoms with Gasteiger partial charge in [-0.25, -0.2) is 0 Å². The van der Waals surface area contributed by atoms with Crippen molar-refractivity contribution in [1.82, 2.24) is 4.90 Å². The molecule has 0 spiro atoms. The van der Waals surface area contributed by atoms with Crippen molar-refractivity contribution in [3.8, 4) is 0 Å². The lowest BCUT2D eigenvalue weighted by molar-refractivity contribution is -0.114. The number of carbonyl (C=O) groups excluding carboxylic acids is 2. The van der Waals surface area contributed by atoms with Crippen LogP contribution in [0.5, 0.6) is 0 Å². The van der Waals surface area contributed by atoms with E-state index < -0.39 is 0 Å². The molecule has 5 nitrogen and oxygen atoms in total. The van der Waals surface area contributed by atoms with Crippen LogP contribution < -0.4 is 11.1 Å². The minimum absolute atomic E-state index is 0. The first-order chi connectivity index (χ1) is 7.95. The highest BCUT2D eigenvalue weighted by molar-refractivity contribution is 5.98. The lowest BCUT2D eigenvalue weighted by atomic mass is 10.1. The zero-order chi connectivity index (χ0) is 13.0. The second-order valence-corrected chi connectivity index (χ2v) is 3.98. The van der Waals surface area contributed by atoms with E-state index in [-0.39, 0.29) is 30.8 Å². The Morgan fingerprint density at radius 2 is 1.94 bits per heavy atom. The number of benzene rings is 1. The van der Waals surface area contributed by atoms with E-state index in [1.54, 1.807) is 32.3 Å². The molecular weight excluding hydrogens is 254 g/mol. The van der Waals surface area contributed by atoms with Gasteiger partial charge in [-0.2, -0.15) is 0 Å². The number of hydrogen-bond acceptors (Lipinski definition) is 3. The van der Waals surface area contributed by atoms with Gasteiger partial charge < -0.3 is 16.0 Å². The Labute approximate surface area is 113 Å². The number of aryl methyl sites for hydroxylation is 1. The lowest BCUT2D eigenvalue weighted by Gasteiger charge is -2.14. The molecule has 0 fully saturated rings. The zero-order valence-corrected chi connectivity index (χ0v) is 11.5. The molecule has 0 aliphatic carbocycles. The Kier molecular flexibility index (Phi) is 6.36. The third kappa shape index (κ3) is 4.01. The van der Waals surface area contributed by atoms with Crippen molar-refractivity contribution in [3.05, 3.63) is 29.3 Å². The lowest BCUT2D eigenvalue weighted by Crippen LogP contribution is -2.24. The summed E-state index contributed by atoms with van der Waals surface area (Å²) in [4.78, 5) is 24.5. The van der Waals surface area contributed by atoms with E-state index in [0.29, 0.717) is 11.3 Å². The molecule has 1 aromatic rings. The SMILES string of the molecule is Cc1ccc(NC(=O)CN)cc1C(=O)N(C)C.Cl. The molecule has 0 saturated heterocycles. The van der Waals surface area contributed by atoms with E-state index in [9.17, 15) is 9.59 Å². The van der Waals surface area contributed by atoms with Gasteiger partial charge in [-0.3, -0.25) is 9.59 Å². The van der Waals surface area contributed by atoms with Crippen LogP contribution in [0, 0.1) is 6.92 Å². The van der Waals surface area contributed by atoms with Crippen LogP contribution >= 0.6 is 12.4 Å². The first-order valence-corrected chi connectivity index (χ1v) is 5.28. The number of anilines is 1. The predicted octanol–water partition coefficient (Wildman–Crippen LogP) is 1.02. The Balaban J connectivity index is 0.00000289. The van der Waals surface area contributed by atoms with Crippen molar-refractivity contribution in [2.75, 3.05) is 26.0 Å². The van der Waals surface area contributed by atoms with Crippen LogP contribution in [-0.2, 0) is 4.79 Å². The second kappa shape index (κ2) is 6.98. The summed E-state index contributed by atoms with van der Waals surface area (Å²) in [6.07, 6.45) is 0. The van der Waals surface area contributed by atoms with Gasteiger partial charge in [-0.15, -0.1) is 12.4 Å². The highest BCUT2D eigenvalue weighted by Gasteiger charge is 2.12. The maximum Gasteiger partial charge on any atom is 0.253 e. The average Bonchev–Trinajstić information content (AvgIpc) is 2.30. The number of amides is 2. The molecule has 2 amide bonds. The summed E-state index contributed by atoms with van der Waals surface area (Å²) in [5.74, 6) is -0.372. The summed E-state index contributed by atoms with van der Waals surface area (Å²) in [5.41, 5.74) is 7.23. The van der Waals surface area contributed by atoms with E-state index in [1.807, 2.05) is 6.92 Å². The van der Waals surface area contributed by atoms with Gasteiger partial charge in [0.1, 0.15) is 0 Å². The number of nitrogens with one attached hydrogen (secondary N) is 1. The molecule has 1 aromatic carbocycles. The van der Waals surface area contributed by atoms with Crippen LogP contribution in [0.2, 0.25) is 0 Å². The topological polar surface area (TPSA) is 75.4 Å². The van der Waals surface area contributed by atoms with Gasteiger partial charge in [0.2, 0.25) is 5.91 Å². The number of rotatable bonds is 3. The first-order valence-electron chi connectivity index (χ1n) is 5.28. The molecule has 0 bridgehead atoms. The fourth-order valence-corrected chi connectivity index (χ4v) is 1.38. The first kappa shape index (κ1) is 16.4. The Morgan fingerprint density at radius 1 is 1.33 bits per heavy atom. The van der Waals surface area contributed by atoms with Crippen molar-refractivity contribution in [1.29, 1.82) is 0 Å². The summed E-state index contributed by atoms with van der Waals surface area (Å²) >= 11 is 0. The molecule has 0 radical (unpaired) electrons. The fraction of sp³-hybridized carbons (Fsp3) is 0.333.